The third kappa shape index (κ3) is 4.46. The summed E-state index contributed by atoms with van der Waals surface area (Å²) in [7, 11) is 0. The van der Waals surface area contributed by atoms with Crippen molar-refractivity contribution in [2.75, 3.05) is 19.8 Å². The number of nitrogens with one attached hydrogen (secondary N) is 1. The average Bonchev–Trinajstić information content (AvgIpc) is 2.66. The zero-order chi connectivity index (χ0) is 18.5. The topological polar surface area (TPSA) is 69.2 Å². The van der Waals surface area contributed by atoms with Gasteiger partial charge in [0.2, 0.25) is 0 Å². The molecule has 0 saturated carbocycles. The van der Waals surface area contributed by atoms with Crippen LogP contribution < -0.4 is 19.6 Å². The van der Waals surface area contributed by atoms with Crippen molar-refractivity contribution in [3.63, 3.8) is 0 Å². The predicted octanol–water partition coefficient (Wildman–Crippen LogP) is 3.34. The van der Waals surface area contributed by atoms with Crippen LogP contribution in [0.1, 0.15) is 18.1 Å². The fraction of sp³-hybridized carbons (Fsp3) is 0.263. The maximum absolute atomic E-state index is 11.9. The largest absolute Gasteiger partial charge is 0.486 e. The maximum Gasteiger partial charge on any atom is 0.277 e. The summed E-state index contributed by atoms with van der Waals surface area (Å²) in [5.74, 6) is 1.61. The van der Waals surface area contributed by atoms with E-state index < -0.39 is 0 Å². The molecule has 0 aliphatic carbocycles. The van der Waals surface area contributed by atoms with E-state index in [1.165, 1.54) is 0 Å². The Bertz CT molecular complexity index is 851. The lowest BCUT2D eigenvalue weighted by molar-refractivity contribution is -0.123. The second-order valence-corrected chi connectivity index (χ2v) is 6.20. The Hall–Kier alpha value is -2.73. The zero-order valence-corrected chi connectivity index (χ0v) is 15.3. The third-order valence-electron chi connectivity index (χ3n) is 3.81. The van der Waals surface area contributed by atoms with Crippen LogP contribution in [-0.2, 0) is 4.79 Å². The van der Waals surface area contributed by atoms with Gasteiger partial charge in [-0.25, -0.2) is 5.43 Å². The van der Waals surface area contributed by atoms with Gasteiger partial charge in [-0.2, -0.15) is 5.10 Å². The molecule has 3 rings (SSSR count). The van der Waals surface area contributed by atoms with Gasteiger partial charge < -0.3 is 14.2 Å². The normalized spacial score (nSPS) is 13.3. The number of hydrogen-bond acceptors (Lipinski definition) is 5. The van der Waals surface area contributed by atoms with Crippen LogP contribution in [-0.4, -0.2) is 31.4 Å². The van der Waals surface area contributed by atoms with Crippen LogP contribution in [0.15, 0.2) is 41.5 Å². The number of nitrogens with zero attached hydrogens (tertiary/aromatic N) is 1. The number of carbonyl (C=O) groups is 1. The molecule has 1 heterocycles. The summed E-state index contributed by atoms with van der Waals surface area (Å²) < 4.78 is 16.5. The van der Waals surface area contributed by atoms with Crippen LogP contribution in [0.4, 0.5) is 0 Å². The number of carbonyl (C=O) groups excluding carboxylic acids is 1. The standard InChI is InChI=1S/C19H19ClN2O4/c1-12-9-15(4-5-16(12)20)26-11-19(23)22-21-13(2)14-3-6-17-18(10-14)25-8-7-24-17/h3-6,9-10H,7-8,11H2,1-2H3,(H,22,23)/b21-13-. The molecule has 7 heteroatoms. The van der Waals surface area contributed by atoms with E-state index in [-0.39, 0.29) is 12.5 Å². The molecular formula is C19H19ClN2O4. The average molecular weight is 375 g/mol. The number of fused-ring (bicyclic) bond motifs is 1. The molecule has 1 aliphatic rings. The molecule has 0 radical (unpaired) electrons. The van der Waals surface area contributed by atoms with Gasteiger partial charge in [-0.3, -0.25) is 4.79 Å². The van der Waals surface area contributed by atoms with Crippen LogP contribution in [0.2, 0.25) is 5.02 Å². The minimum absolute atomic E-state index is 0.140. The van der Waals surface area contributed by atoms with E-state index in [1.807, 2.05) is 25.1 Å². The number of aryl methyl sites for hydroxylation is 1. The van der Waals surface area contributed by atoms with E-state index in [4.69, 9.17) is 25.8 Å². The summed E-state index contributed by atoms with van der Waals surface area (Å²) >= 11 is 5.96. The number of ether oxygens (including phenoxy) is 3. The summed E-state index contributed by atoms with van der Waals surface area (Å²) in [6, 6.07) is 10.8. The first-order valence-electron chi connectivity index (χ1n) is 8.15. The Morgan fingerprint density at radius 3 is 2.73 bits per heavy atom. The molecule has 1 aliphatic heterocycles. The number of hydrogen-bond donors (Lipinski definition) is 1. The molecule has 136 valence electrons. The van der Waals surface area contributed by atoms with E-state index in [2.05, 4.69) is 10.5 Å². The Kier molecular flexibility index (Phi) is 5.63. The van der Waals surface area contributed by atoms with E-state index in [0.29, 0.717) is 41.2 Å². The second-order valence-electron chi connectivity index (χ2n) is 5.79. The molecule has 6 nitrogen and oxygen atoms in total. The predicted molar refractivity (Wildman–Crippen MR) is 99.5 cm³/mol. The van der Waals surface area contributed by atoms with Crippen molar-refractivity contribution in [3.8, 4) is 17.2 Å². The molecule has 2 aromatic carbocycles. The molecular weight excluding hydrogens is 356 g/mol. The lowest BCUT2D eigenvalue weighted by Crippen LogP contribution is -2.25. The van der Waals surface area contributed by atoms with Crippen LogP contribution in [0.5, 0.6) is 17.2 Å². The minimum Gasteiger partial charge on any atom is -0.486 e. The first-order valence-corrected chi connectivity index (χ1v) is 8.53. The lowest BCUT2D eigenvalue weighted by atomic mass is 10.1. The number of amides is 1. The summed E-state index contributed by atoms with van der Waals surface area (Å²) in [6.07, 6.45) is 0. The van der Waals surface area contributed by atoms with Gasteiger partial charge in [-0.05, 0) is 55.8 Å². The van der Waals surface area contributed by atoms with Gasteiger partial charge in [0.1, 0.15) is 19.0 Å². The van der Waals surface area contributed by atoms with Crippen LogP contribution in [0, 0.1) is 6.92 Å². The summed E-state index contributed by atoms with van der Waals surface area (Å²) in [6.45, 7) is 4.60. The van der Waals surface area contributed by atoms with Crippen molar-refractivity contribution in [1.29, 1.82) is 0 Å². The highest BCUT2D eigenvalue weighted by Crippen LogP contribution is 2.30. The van der Waals surface area contributed by atoms with E-state index in [9.17, 15) is 4.79 Å². The molecule has 0 fully saturated rings. The number of halogens is 1. The third-order valence-corrected chi connectivity index (χ3v) is 4.23. The molecule has 1 amide bonds. The highest BCUT2D eigenvalue weighted by molar-refractivity contribution is 6.31. The SMILES string of the molecule is C/C(=N/NC(=O)COc1ccc(Cl)c(C)c1)c1ccc2c(c1)OCCO2. The highest BCUT2D eigenvalue weighted by atomic mass is 35.5. The minimum atomic E-state index is -0.352. The molecule has 0 bridgehead atoms. The molecule has 0 atom stereocenters. The van der Waals surface area contributed by atoms with Gasteiger partial charge >= 0.3 is 0 Å². The molecule has 0 unspecified atom stereocenters. The van der Waals surface area contributed by atoms with Crippen LogP contribution in [0.25, 0.3) is 0 Å². The first kappa shape index (κ1) is 18.1. The van der Waals surface area contributed by atoms with Crippen molar-refractivity contribution in [2.24, 2.45) is 5.10 Å². The fourth-order valence-electron chi connectivity index (χ4n) is 2.37. The zero-order valence-electron chi connectivity index (χ0n) is 14.5. The van der Waals surface area contributed by atoms with Crippen molar-refractivity contribution in [2.45, 2.75) is 13.8 Å². The Balaban J connectivity index is 1.56. The lowest BCUT2D eigenvalue weighted by Gasteiger charge is -2.18. The molecule has 0 spiro atoms. The smallest absolute Gasteiger partial charge is 0.277 e. The van der Waals surface area contributed by atoms with Gasteiger partial charge in [-0.15, -0.1) is 0 Å². The van der Waals surface area contributed by atoms with Crippen LogP contribution >= 0.6 is 11.6 Å². The van der Waals surface area contributed by atoms with Gasteiger partial charge in [0.15, 0.2) is 18.1 Å². The molecule has 26 heavy (non-hydrogen) atoms. The Morgan fingerprint density at radius 1 is 1.19 bits per heavy atom. The highest BCUT2D eigenvalue weighted by Gasteiger charge is 2.13. The Labute approximate surface area is 156 Å². The number of rotatable bonds is 5. The maximum atomic E-state index is 11.9. The summed E-state index contributed by atoms with van der Waals surface area (Å²) in [5.41, 5.74) is 4.86. The van der Waals surface area contributed by atoms with Crippen LogP contribution in [0.3, 0.4) is 0 Å². The molecule has 0 saturated heterocycles. The van der Waals surface area contributed by atoms with Crippen molar-refractivity contribution < 1.29 is 19.0 Å². The van der Waals surface area contributed by atoms with E-state index >= 15 is 0 Å². The summed E-state index contributed by atoms with van der Waals surface area (Å²) in [4.78, 5) is 11.9. The quantitative estimate of drug-likeness (QED) is 0.643. The number of benzene rings is 2. The van der Waals surface area contributed by atoms with E-state index in [0.717, 1.165) is 11.1 Å². The van der Waals surface area contributed by atoms with Gasteiger partial charge in [0.25, 0.3) is 5.91 Å². The van der Waals surface area contributed by atoms with Crippen molar-refractivity contribution in [1.82, 2.24) is 5.43 Å². The molecule has 1 N–H and O–H groups in total. The molecule has 0 aromatic heterocycles. The Morgan fingerprint density at radius 2 is 1.96 bits per heavy atom. The van der Waals surface area contributed by atoms with Crippen molar-refractivity contribution in [3.05, 3.63) is 52.5 Å². The van der Waals surface area contributed by atoms with Crippen molar-refractivity contribution >= 4 is 23.2 Å². The van der Waals surface area contributed by atoms with Gasteiger partial charge in [-0.1, -0.05) is 11.6 Å². The fourth-order valence-corrected chi connectivity index (χ4v) is 2.48. The first-order chi connectivity index (χ1) is 12.5. The second kappa shape index (κ2) is 8.10. The number of hydrazone groups is 1. The summed E-state index contributed by atoms with van der Waals surface area (Å²) in [5, 5.41) is 4.76. The molecule has 2 aromatic rings. The monoisotopic (exact) mass is 374 g/mol. The van der Waals surface area contributed by atoms with E-state index in [1.54, 1.807) is 25.1 Å². The van der Waals surface area contributed by atoms with Gasteiger partial charge in [0.05, 0.1) is 5.71 Å². The van der Waals surface area contributed by atoms with Gasteiger partial charge in [0, 0.05) is 10.6 Å².